The van der Waals surface area contributed by atoms with E-state index in [1.54, 1.807) is 17.5 Å². The number of aryl methyl sites for hydroxylation is 1. The van der Waals surface area contributed by atoms with Gasteiger partial charge >= 0.3 is 0 Å². The Morgan fingerprint density at radius 2 is 1.62 bits per heavy atom. The largest absolute Gasteiger partial charge is 0.486 e. The van der Waals surface area contributed by atoms with Crippen molar-refractivity contribution in [3.05, 3.63) is 81.8 Å². The van der Waals surface area contributed by atoms with Crippen LogP contribution in [0.3, 0.4) is 0 Å². The van der Waals surface area contributed by atoms with E-state index in [-0.39, 0.29) is 23.9 Å². The van der Waals surface area contributed by atoms with Gasteiger partial charge in [-0.2, -0.15) is 0 Å². The van der Waals surface area contributed by atoms with Gasteiger partial charge in [-0.05, 0) is 44.0 Å². The standard InChI is InChI=1S/C25H27N3O3S/c1-17-11-13-19(14-12-17)31-15-23-26-22(16-32-23)25(30)28-21-10-6-5-9-20(21)27-24(29)18-7-3-2-4-8-18/h2-4,7-8,11-14,16,20-21H,5-6,9-10,15H2,1H3,(H,27,29)(H,28,30). The molecule has 7 heteroatoms. The van der Waals surface area contributed by atoms with Gasteiger partial charge in [-0.3, -0.25) is 9.59 Å². The van der Waals surface area contributed by atoms with E-state index >= 15 is 0 Å². The lowest BCUT2D eigenvalue weighted by Crippen LogP contribution is -2.53. The lowest BCUT2D eigenvalue weighted by molar-refractivity contribution is 0.0860. The van der Waals surface area contributed by atoms with Crippen molar-refractivity contribution < 1.29 is 14.3 Å². The highest BCUT2D eigenvalue weighted by atomic mass is 32.1. The topological polar surface area (TPSA) is 80.3 Å². The fraction of sp³-hybridized carbons (Fsp3) is 0.320. The summed E-state index contributed by atoms with van der Waals surface area (Å²) in [5.74, 6) is 0.450. The molecule has 0 spiro atoms. The molecule has 1 saturated carbocycles. The molecule has 0 radical (unpaired) electrons. The molecule has 2 aromatic carbocycles. The van der Waals surface area contributed by atoms with Crippen molar-refractivity contribution in [2.75, 3.05) is 0 Å². The van der Waals surface area contributed by atoms with Crippen LogP contribution in [0.5, 0.6) is 5.75 Å². The van der Waals surface area contributed by atoms with Crippen molar-refractivity contribution in [3.8, 4) is 5.75 Å². The van der Waals surface area contributed by atoms with Crippen molar-refractivity contribution >= 4 is 23.2 Å². The zero-order valence-corrected chi connectivity index (χ0v) is 18.9. The lowest BCUT2D eigenvalue weighted by Gasteiger charge is -2.32. The van der Waals surface area contributed by atoms with E-state index in [1.165, 1.54) is 16.9 Å². The van der Waals surface area contributed by atoms with Crippen LogP contribution in [0.4, 0.5) is 0 Å². The smallest absolute Gasteiger partial charge is 0.271 e. The molecule has 0 aliphatic heterocycles. The van der Waals surface area contributed by atoms with Crippen LogP contribution in [0.15, 0.2) is 60.0 Å². The molecule has 2 unspecified atom stereocenters. The highest BCUT2D eigenvalue weighted by molar-refractivity contribution is 7.09. The number of thiazole rings is 1. The summed E-state index contributed by atoms with van der Waals surface area (Å²) < 4.78 is 5.76. The number of benzene rings is 2. The monoisotopic (exact) mass is 449 g/mol. The van der Waals surface area contributed by atoms with Gasteiger partial charge in [0.15, 0.2) is 0 Å². The molecule has 1 heterocycles. The van der Waals surface area contributed by atoms with Crippen molar-refractivity contribution in [1.29, 1.82) is 0 Å². The first-order valence-electron chi connectivity index (χ1n) is 10.9. The van der Waals surface area contributed by atoms with Gasteiger partial charge in [0.25, 0.3) is 11.8 Å². The molecule has 166 valence electrons. The number of ether oxygens (including phenoxy) is 1. The van der Waals surface area contributed by atoms with E-state index in [9.17, 15) is 9.59 Å². The van der Waals surface area contributed by atoms with Crippen LogP contribution in [0, 0.1) is 6.92 Å². The van der Waals surface area contributed by atoms with E-state index < -0.39 is 0 Å². The Morgan fingerprint density at radius 1 is 0.969 bits per heavy atom. The first kappa shape index (κ1) is 22.0. The molecule has 0 saturated heterocycles. The first-order valence-corrected chi connectivity index (χ1v) is 11.8. The molecule has 1 aliphatic carbocycles. The maximum atomic E-state index is 12.8. The second-order valence-corrected chi connectivity index (χ2v) is 8.98. The fourth-order valence-corrected chi connectivity index (χ4v) is 4.51. The first-order chi connectivity index (χ1) is 15.6. The third kappa shape index (κ3) is 5.73. The molecule has 0 bridgehead atoms. The number of nitrogens with zero attached hydrogens (tertiary/aromatic N) is 1. The average Bonchev–Trinajstić information content (AvgIpc) is 3.30. The Balaban J connectivity index is 1.33. The molecule has 1 aromatic heterocycles. The lowest BCUT2D eigenvalue weighted by atomic mass is 9.90. The van der Waals surface area contributed by atoms with Crippen LogP contribution >= 0.6 is 11.3 Å². The van der Waals surface area contributed by atoms with Crippen LogP contribution in [0.25, 0.3) is 0 Å². The van der Waals surface area contributed by atoms with Crippen molar-refractivity contribution in [2.24, 2.45) is 0 Å². The Bertz CT molecular complexity index is 1050. The number of rotatable bonds is 7. The molecular weight excluding hydrogens is 422 g/mol. The van der Waals surface area contributed by atoms with Gasteiger partial charge in [0, 0.05) is 23.0 Å². The normalized spacial score (nSPS) is 18.0. The number of nitrogens with one attached hydrogen (secondary N) is 2. The number of carbonyl (C=O) groups excluding carboxylic acids is 2. The molecule has 2 amide bonds. The van der Waals surface area contributed by atoms with Gasteiger partial charge in [-0.15, -0.1) is 11.3 Å². The van der Waals surface area contributed by atoms with E-state index in [4.69, 9.17) is 4.74 Å². The van der Waals surface area contributed by atoms with E-state index in [0.29, 0.717) is 17.9 Å². The van der Waals surface area contributed by atoms with Crippen LogP contribution in [-0.4, -0.2) is 28.9 Å². The molecular formula is C25H27N3O3S. The van der Waals surface area contributed by atoms with Crippen molar-refractivity contribution in [3.63, 3.8) is 0 Å². The van der Waals surface area contributed by atoms with E-state index in [0.717, 1.165) is 36.4 Å². The van der Waals surface area contributed by atoms with Crippen LogP contribution in [0.2, 0.25) is 0 Å². The Labute approximate surface area is 192 Å². The summed E-state index contributed by atoms with van der Waals surface area (Å²) in [6.45, 7) is 2.35. The number of hydrogen-bond acceptors (Lipinski definition) is 5. The van der Waals surface area contributed by atoms with Crippen LogP contribution in [0.1, 0.15) is 57.1 Å². The predicted octanol–water partition coefficient (Wildman–Crippen LogP) is 4.50. The maximum Gasteiger partial charge on any atom is 0.271 e. The minimum Gasteiger partial charge on any atom is -0.486 e. The summed E-state index contributed by atoms with van der Waals surface area (Å²) in [4.78, 5) is 29.8. The third-order valence-electron chi connectivity index (χ3n) is 5.60. The molecule has 1 aliphatic rings. The van der Waals surface area contributed by atoms with Crippen LogP contribution < -0.4 is 15.4 Å². The third-order valence-corrected chi connectivity index (χ3v) is 6.42. The molecule has 32 heavy (non-hydrogen) atoms. The minimum atomic E-state index is -0.214. The summed E-state index contributed by atoms with van der Waals surface area (Å²) in [5, 5.41) is 8.68. The molecule has 1 fully saturated rings. The summed E-state index contributed by atoms with van der Waals surface area (Å²) in [6, 6.07) is 16.8. The average molecular weight is 450 g/mol. The highest BCUT2D eigenvalue weighted by Gasteiger charge is 2.29. The SMILES string of the molecule is Cc1ccc(OCc2nc(C(=O)NC3CCCCC3NC(=O)c3ccccc3)cs2)cc1. The van der Waals surface area contributed by atoms with Gasteiger partial charge in [0.1, 0.15) is 23.1 Å². The fourth-order valence-electron chi connectivity index (χ4n) is 3.82. The van der Waals surface area contributed by atoms with Gasteiger partial charge in [0.05, 0.1) is 0 Å². The quantitative estimate of drug-likeness (QED) is 0.557. The summed E-state index contributed by atoms with van der Waals surface area (Å²) in [5.41, 5.74) is 2.18. The molecule has 4 rings (SSSR count). The Hall–Kier alpha value is -3.19. The van der Waals surface area contributed by atoms with Gasteiger partial charge < -0.3 is 15.4 Å². The molecule has 3 aromatic rings. The van der Waals surface area contributed by atoms with Crippen molar-refractivity contribution in [1.82, 2.24) is 15.6 Å². The molecule has 6 nitrogen and oxygen atoms in total. The second kappa shape index (κ2) is 10.4. The van der Waals surface area contributed by atoms with E-state index in [1.807, 2.05) is 49.4 Å². The number of carbonyl (C=O) groups is 2. The predicted molar refractivity (Wildman–Crippen MR) is 125 cm³/mol. The molecule has 2 atom stereocenters. The zero-order valence-electron chi connectivity index (χ0n) is 18.0. The zero-order chi connectivity index (χ0) is 22.3. The summed E-state index contributed by atoms with van der Waals surface area (Å²) in [7, 11) is 0. The summed E-state index contributed by atoms with van der Waals surface area (Å²) in [6.07, 6.45) is 3.73. The minimum absolute atomic E-state index is 0.0941. The van der Waals surface area contributed by atoms with Crippen molar-refractivity contribution in [2.45, 2.75) is 51.3 Å². The van der Waals surface area contributed by atoms with E-state index in [2.05, 4.69) is 15.6 Å². The van der Waals surface area contributed by atoms with Gasteiger partial charge in [-0.25, -0.2) is 4.98 Å². The maximum absolute atomic E-state index is 12.8. The summed E-state index contributed by atoms with van der Waals surface area (Å²) >= 11 is 1.40. The second-order valence-electron chi connectivity index (χ2n) is 8.04. The Morgan fingerprint density at radius 3 is 2.31 bits per heavy atom. The highest BCUT2D eigenvalue weighted by Crippen LogP contribution is 2.21. The number of aromatic nitrogens is 1. The van der Waals surface area contributed by atoms with Crippen LogP contribution in [-0.2, 0) is 6.61 Å². The number of amides is 2. The van der Waals surface area contributed by atoms with Gasteiger partial charge in [-0.1, -0.05) is 48.7 Å². The Kier molecular flexibility index (Phi) is 7.17. The molecule has 2 N–H and O–H groups in total. The van der Waals surface area contributed by atoms with Gasteiger partial charge in [0.2, 0.25) is 0 Å². The number of hydrogen-bond donors (Lipinski definition) is 2.